The lowest BCUT2D eigenvalue weighted by atomic mass is 10.1. The third-order valence-electron chi connectivity index (χ3n) is 3.07. The standard InChI is InChI=1S/C13H18N2O2/c1-9-7-11(17-2)3-4-12(9)13(16)15-10-5-6-14-8-10/h3-4,7,10,14H,5-6,8H2,1-2H3,(H,15,16)/t10-/m0/s1. The van der Waals surface area contributed by atoms with Gasteiger partial charge in [-0.1, -0.05) is 0 Å². The van der Waals surface area contributed by atoms with Crippen LogP contribution in [0.4, 0.5) is 0 Å². The highest BCUT2D eigenvalue weighted by molar-refractivity contribution is 5.96. The molecule has 0 radical (unpaired) electrons. The molecule has 0 bridgehead atoms. The number of carbonyl (C=O) groups excluding carboxylic acids is 1. The maximum absolute atomic E-state index is 12.0. The fourth-order valence-corrected chi connectivity index (χ4v) is 2.06. The molecule has 1 atom stereocenters. The van der Waals surface area contributed by atoms with Crippen LogP contribution in [0.2, 0.25) is 0 Å². The monoisotopic (exact) mass is 234 g/mol. The van der Waals surface area contributed by atoms with Crippen molar-refractivity contribution in [3.63, 3.8) is 0 Å². The molecule has 1 aromatic carbocycles. The summed E-state index contributed by atoms with van der Waals surface area (Å²) in [6.07, 6.45) is 1.00. The third kappa shape index (κ3) is 2.77. The van der Waals surface area contributed by atoms with Crippen molar-refractivity contribution in [1.29, 1.82) is 0 Å². The molecule has 0 spiro atoms. The van der Waals surface area contributed by atoms with Gasteiger partial charge in [-0.2, -0.15) is 0 Å². The average Bonchev–Trinajstić information content (AvgIpc) is 2.81. The van der Waals surface area contributed by atoms with Crippen molar-refractivity contribution in [3.8, 4) is 5.75 Å². The number of methoxy groups -OCH3 is 1. The maximum Gasteiger partial charge on any atom is 0.251 e. The first-order chi connectivity index (χ1) is 8.20. The van der Waals surface area contributed by atoms with Crippen molar-refractivity contribution in [1.82, 2.24) is 10.6 Å². The average molecular weight is 234 g/mol. The summed E-state index contributed by atoms with van der Waals surface area (Å²) in [4.78, 5) is 12.0. The Kier molecular flexibility index (Phi) is 3.64. The minimum absolute atomic E-state index is 0.00106. The van der Waals surface area contributed by atoms with Gasteiger partial charge in [0.05, 0.1) is 7.11 Å². The minimum atomic E-state index is -0.00106. The molecule has 0 saturated carbocycles. The summed E-state index contributed by atoms with van der Waals surface area (Å²) >= 11 is 0. The Morgan fingerprint density at radius 1 is 1.53 bits per heavy atom. The fourth-order valence-electron chi connectivity index (χ4n) is 2.06. The third-order valence-corrected chi connectivity index (χ3v) is 3.07. The smallest absolute Gasteiger partial charge is 0.251 e. The van der Waals surface area contributed by atoms with Gasteiger partial charge in [-0.05, 0) is 43.7 Å². The van der Waals surface area contributed by atoms with Crippen LogP contribution >= 0.6 is 0 Å². The molecule has 17 heavy (non-hydrogen) atoms. The Morgan fingerprint density at radius 2 is 2.35 bits per heavy atom. The van der Waals surface area contributed by atoms with Crippen molar-refractivity contribution < 1.29 is 9.53 Å². The highest BCUT2D eigenvalue weighted by Crippen LogP contribution is 2.17. The van der Waals surface area contributed by atoms with Crippen LogP contribution in [0.3, 0.4) is 0 Å². The molecule has 4 nitrogen and oxygen atoms in total. The van der Waals surface area contributed by atoms with E-state index in [-0.39, 0.29) is 11.9 Å². The molecular formula is C13H18N2O2. The van der Waals surface area contributed by atoms with Gasteiger partial charge in [0.25, 0.3) is 5.91 Å². The lowest BCUT2D eigenvalue weighted by Gasteiger charge is -2.13. The first-order valence-electron chi connectivity index (χ1n) is 5.87. The van der Waals surface area contributed by atoms with E-state index in [4.69, 9.17) is 4.74 Å². The van der Waals surface area contributed by atoms with Crippen LogP contribution in [0, 0.1) is 6.92 Å². The molecule has 1 aliphatic rings. The molecule has 1 saturated heterocycles. The second-order valence-electron chi connectivity index (χ2n) is 4.34. The van der Waals surface area contributed by atoms with Gasteiger partial charge in [0.15, 0.2) is 0 Å². The van der Waals surface area contributed by atoms with Gasteiger partial charge >= 0.3 is 0 Å². The fraction of sp³-hybridized carbons (Fsp3) is 0.462. The molecule has 1 amide bonds. The number of nitrogens with one attached hydrogen (secondary N) is 2. The van der Waals surface area contributed by atoms with Crippen molar-refractivity contribution >= 4 is 5.91 Å². The SMILES string of the molecule is COc1ccc(C(=O)N[C@H]2CCNC2)c(C)c1. The highest BCUT2D eigenvalue weighted by Gasteiger charge is 2.18. The predicted molar refractivity (Wildman–Crippen MR) is 66.5 cm³/mol. The first-order valence-corrected chi connectivity index (χ1v) is 5.87. The molecule has 0 unspecified atom stereocenters. The summed E-state index contributed by atoms with van der Waals surface area (Å²) in [6, 6.07) is 5.76. The van der Waals surface area contributed by atoms with Crippen LogP contribution in [0.25, 0.3) is 0 Å². The Balaban J connectivity index is 2.07. The van der Waals surface area contributed by atoms with Gasteiger partial charge < -0.3 is 15.4 Å². The van der Waals surface area contributed by atoms with Gasteiger partial charge in [-0.25, -0.2) is 0 Å². The maximum atomic E-state index is 12.0. The summed E-state index contributed by atoms with van der Waals surface area (Å²) in [5.41, 5.74) is 1.66. The van der Waals surface area contributed by atoms with E-state index in [1.807, 2.05) is 25.1 Å². The number of amides is 1. The Hall–Kier alpha value is -1.55. The topological polar surface area (TPSA) is 50.4 Å². The summed E-state index contributed by atoms with van der Waals surface area (Å²) in [5, 5.41) is 6.26. The molecule has 1 aromatic rings. The van der Waals surface area contributed by atoms with Crippen LogP contribution in [0.15, 0.2) is 18.2 Å². The van der Waals surface area contributed by atoms with E-state index in [0.717, 1.165) is 36.4 Å². The van der Waals surface area contributed by atoms with Gasteiger partial charge in [0, 0.05) is 18.2 Å². The van der Waals surface area contributed by atoms with Crippen molar-refractivity contribution in [2.24, 2.45) is 0 Å². The van der Waals surface area contributed by atoms with E-state index in [9.17, 15) is 4.79 Å². The lowest BCUT2D eigenvalue weighted by Crippen LogP contribution is -2.36. The quantitative estimate of drug-likeness (QED) is 0.823. The molecule has 1 fully saturated rings. The predicted octanol–water partition coefficient (Wildman–Crippen LogP) is 1.10. The number of rotatable bonds is 3. The van der Waals surface area contributed by atoms with E-state index in [0.29, 0.717) is 0 Å². The van der Waals surface area contributed by atoms with Crippen LogP contribution < -0.4 is 15.4 Å². The van der Waals surface area contributed by atoms with Crippen molar-refractivity contribution in [2.45, 2.75) is 19.4 Å². The molecule has 2 N–H and O–H groups in total. The zero-order valence-corrected chi connectivity index (χ0v) is 10.2. The van der Waals surface area contributed by atoms with Crippen LogP contribution in [-0.2, 0) is 0 Å². The molecule has 92 valence electrons. The van der Waals surface area contributed by atoms with Gasteiger partial charge in [0.1, 0.15) is 5.75 Å². The van der Waals surface area contributed by atoms with Crippen molar-refractivity contribution in [2.75, 3.05) is 20.2 Å². The summed E-state index contributed by atoms with van der Waals surface area (Å²) in [7, 11) is 1.62. The zero-order valence-electron chi connectivity index (χ0n) is 10.2. The van der Waals surface area contributed by atoms with Gasteiger partial charge in [-0.3, -0.25) is 4.79 Å². The number of benzene rings is 1. The van der Waals surface area contributed by atoms with Crippen molar-refractivity contribution in [3.05, 3.63) is 29.3 Å². The number of aryl methyl sites for hydroxylation is 1. The van der Waals surface area contributed by atoms with E-state index in [1.54, 1.807) is 7.11 Å². The first kappa shape index (κ1) is 11.9. The second-order valence-corrected chi connectivity index (χ2v) is 4.34. The Morgan fingerprint density at radius 3 is 2.94 bits per heavy atom. The summed E-state index contributed by atoms with van der Waals surface area (Å²) in [5.74, 6) is 0.778. The molecule has 1 aliphatic heterocycles. The number of hydrogen-bond acceptors (Lipinski definition) is 3. The van der Waals surface area contributed by atoms with Gasteiger partial charge in [0.2, 0.25) is 0 Å². The molecule has 1 heterocycles. The van der Waals surface area contributed by atoms with Crippen LogP contribution in [0.1, 0.15) is 22.3 Å². The number of hydrogen-bond donors (Lipinski definition) is 2. The number of carbonyl (C=O) groups is 1. The van der Waals surface area contributed by atoms with E-state index >= 15 is 0 Å². The van der Waals surface area contributed by atoms with Crippen LogP contribution in [0.5, 0.6) is 5.75 Å². The van der Waals surface area contributed by atoms with Crippen LogP contribution in [-0.4, -0.2) is 32.1 Å². The Bertz CT molecular complexity index is 412. The molecule has 0 aliphatic carbocycles. The molecule has 4 heteroatoms. The minimum Gasteiger partial charge on any atom is -0.497 e. The normalized spacial score (nSPS) is 19.1. The van der Waals surface area contributed by atoms with E-state index in [2.05, 4.69) is 10.6 Å². The number of ether oxygens (including phenoxy) is 1. The van der Waals surface area contributed by atoms with E-state index in [1.165, 1.54) is 0 Å². The summed E-state index contributed by atoms with van der Waals surface area (Å²) < 4.78 is 5.12. The largest absolute Gasteiger partial charge is 0.497 e. The molecule has 0 aromatic heterocycles. The van der Waals surface area contributed by atoms with E-state index < -0.39 is 0 Å². The summed E-state index contributed by atoms with van der Waals surface area (Å²) in [6.45, 7) is 3.76. The lowest BCUT2D eigenvalue weighted by molar-refractivity contribution is 0.0939. The molecule has 2 rings (SSSR count). The molecular weight excluding hydrogens is 216 g/mol. The second kappa shape index (κ2) is 5.19. The Labute approximate surface area is 101 Å². The zero-order chi connectivity index (χ0) is 12.3. The van der Waals surface area contributed by atoms with Gasteiger partial charge in [-0.15, -0.1) is 0 Å². The highest BCUT2D eigenvalue weighted by atomic mass is 16.5.